The van der Waals surface area contributed by atoms with Crippen LogP contribution in [0.15, 0.2) is 0 Å². The highest BCUT2D eigenvalue weighted by molar-refractivity contribution is 7.57. The van der Waals surface area contributed by atoms with E-state index in [0.29, 0.717) is 24.2 Å². The summed E-state index contributed by atoms with van der Waals surface area (Å²) in [5.41, 5.74) is 1.57. The number of unbranched alkanes of at least 4 members (excludes halogenated alkanes) is 18. The van der Waals surface area contributed by atoms with E-state index in [-0.39, 0.29) is 0 Å². The van der Waals surface area contributed by atoms with Crippen LogP contribution in [0.2, 0.25) is 0 Å². The predicted molar refractivity (Wildman–Crippen MR) is 191 cm³/mol. The molecular formula is C39H81P. The summed E-state index contributed by atoms with van der Waals surface area (Å²) in [6, 6.07) is 0. The van der Waals surface area contributed by atoms with Gasteiger partial charge >= 0.3 is 0 Å². The molecule has 0 unspecified atom stereocenters. The Hall–Kier alpha value is 0.430. The molecule has 0 aromatic carbocycles. The molecule has 1 heteroatoms. The van der Waals surface area contributed by atoms with E-state index in [1.54, 1.807) is 18.5 Å². The molecule has 0 aromatic heterocycles. The van der Waals surface area contributed by atoms with Gasteiger partial charge in [0, 0.05) is 0 Å². The molecule has 0 nitrogen and oxygen atoms in total. The van der Waals surface area contributed by atoms with Gasteiger partial charge in [-0.2, -0.15) is 0 Å². The van der Waals surface area contributed by atoms with E-state index in [4.69, 9.17) is 0 Å². The Morgan fingerprint density at radius 2 is 0.425 bits per heavy atom. The molecule has 0 N–H and O–H groups in total. The normalized spacial score (nSPS) is 13.1. The van der Waals surface area contributed by atoms with E-state index < -0.39 is 0 Å². The van der Waals surface area contributed by atoms with Crippen LogP contribution in [0.4, 0.5) is 0 Å². The number of rotatable bonds is 27. The largest absolute Gasteiger partial charge is 0.107 e. The second-order valence-corrected chi connectivity index (χ2v) is 19.9. The fraction of sp³-hybridized carbons (Fsp3) is 1.00. The zero-order chi connectivity index (χ0) is 30.2. The molecule has 0 bridgehead atoms. The van der Waals surface area contributed by atoms with Gasteiger partial charge in [-0.05, 0) is 73.3 Å². The Morgan fingerprint density at radius 3 is 0.625 bits per heavy atom. The minimum atomic E-state index is 0.309. The van der Waals surface area contributed by atoms with E-state index in [2.05, 4.69) is 62.3 Å². The zero-order valence-corrected chi connectivity index (χ0v) is 30.9. The van der Waals surface area contributed by atoms with Gasteiger partial charge in [-0.25, -0.2) is 0 Å². The minimum absolute atomic E-state index is 0.309. The van der Waals surface area contributed by atoms with Crippen molar-refractivity contribution in [2.24, 2.45) is 16.2 Å². The lowest BCUT2D eigenvalue weighted by molar-refractivity contribution is 0.356. The monoisotopic (exact) mass is 581 g/mol. The highest BCUT2D eigenvalue weighted by atomic mass is 31.1. The molecule has 0 aliphatic rings. The van der Waals surface area contributed by atoms with E-state index in [1.165, 1.54) is 154 Å². The minimum Gasteiger partial charge on any atom is -0.107 e. The number of hydrogen-bond acceptors (Lipinski definition) is 0. The molecule has 40 heavy (non-hydrogen) atoms. The molecule has 0 atom stereocenters. The van der Waals surface area contributed by atoms with Gasteiger partial charge in [0.05, 0.1) is 0 Å². The average Bonchev–Trinajstić information content (AvgIpc) is 2.83. The SMILES string of the molecule is CC(C)(C)CCCCCCCCCP(CCCCCCCCCC(C)(C)C)CCCCCCCCCC(C)(C)C. The highest BCUT2D eigenvalue weighted by Crippen LogP contribution is 2.39. The van der Waals surface area contributed by atoms with Gasteiger partial charge in [0.25, 0.3) is 0 Å². The van der Waals surface area contributed by atoms with Crippen LogP contribution in [-0.4, -0.2) is 18.5 Å². The van der Waals surface area contributed by atoms with Crippen LogP contribution in [0, 0.1) is 16.2 Å². The molecule has 0 aromatic rings. The van der Waals surface area contributed by atoms with Gasteiger partial charge in [0.2, 0.25) is 0 Å². The van der Waals surface area contributed by atoms with Crippen LogP contribution in [-0.2, 0) is 0 Å². The Morgan fingerprint density at radius 1 is 0.250 bits per heavy atom. The molecule has 0 aliphatic carbocycles. The summed E-state index contributed by atoms with van der Waals surface area (Å²) in [5, 5.41) is 0. The van der Waals surface area contributed by atoms with E-state index >= 15 is 0 Å². The van der Waals surface area contributed by atoms with Crippen LogP contribution < -0.4 is 0 Å². The fourth-order valence-electron chi connectivity index (χ4n) is 5.96. The molecule has 242 valence electrons. The van der Waals surface area contributed by atoms with Crippen molar-refractivity contribution in [2.45, 2.75) is 216 Å². The topological polar surface area (TPSA) is 0 Å². The van der Waals surface area contributed by atoms with Gasteiger partial charge in [-0.3, -0.25) is 0 Å². The van der Waals surface area contributed by atoms with Gasteiger partial charge in [-0.15, -0.1) is 7.92 Å². The third-order valence-electron chi connectivity index (χ3n) is 8.70. The van der Waals surface area contributed by atoms with Crippen LogP contribution in [0.3, 0.4) is 0 Å². The molecule has 0 saturated carbocycles. The molecule has 0 amide bonds. The standard InChI is InChI=1S/C39H81P/c1-37(2,3)31-25-19-13-10-16-22-28-34-40(35-29-23-17-11-14-20-26-32-38(4,5)6)36-30-24-18-12-15-21-27-33-39(7,8)9/h10-36H2,1-9H3. The van der Waals surface area contributed by atoms with Crippen molar-refractivity contribution in [1.29, 1.82) is 0 Å². The Labute approximate surface area is 258 Å². The summed E-state index contributed by atoms with van der Waals surface area (Å²) < 4.78 is 0. The van der Waals surface area contributed by atoms with Crippen LogP contribution in [0.25, 0.3) is 0 Å². The molecule has 0 rings (SSSR count). The molecule has 0 fully saturated rings. The fourth-order valence-corrected chi connectivity index (χ4v) is 8.64. The Kier molecular flexibility index (Phi) is 25.1. The van der Waals surface area contributed by atoms with E-state index in [0.717, 1.165) is 0 Å². The Bertz CT molecular complexity index is 438. The number of hydrogen-bond donors (Lipinski definition) is 0. The van der Waals surface area contributed by atoms with Crippen molar-refractivity contribution in [2.75, 3.05) is 18.5 Å². The van der Waals surface area contributed by atoms with Gasteiger partial charge < -0.3 is 0 Å². The second-order valence-electron chi connectivity index (χ2n) is 17.2. The average molecular weight is 581 g/mol. The van der Waals surface area contributed by atoms with E-state index in [9.17, 15) is 0 Å². The molecule has 0 radical (unpaired) electrons. The predicted octanol–water partition coefficient (Wildman–Crippen LogP) is 15.0. The maximum atomic E-state index is 2.38. The van der Waals surface area contributed by atoms with Crippen molar-refractivity contribution in [3.8, 4) is 0 Å². The highest BCUT2D eigenvalue weighted by Gasteiger charge is 2.11. The summed E-state index contributed by atoms with van der Waals surface area (Å²) in [6.45, 7) is 21.5. The first-order valence-electron chi connectivity index (χ1n) is 18.5. The third-order valence-corrected chi connectivity index (χ3v) is 11.5. The maximum absolute atomic E-state index is 2.38. The summed E-state index contributed by atoms with van der Waals surface area (Å²) in [4.78, 5) is 0. The lowest BCUT2D eigenvalue weighted by atomic mass is 9.89. The molecule has 0 heterocycles. The first-order valence-corrected chi connectivity index (χ1v) is 20.4. The summed E-state index contributed by atoms with van der Waals surface area (Å²) >= 11 is 0. The van der Waals surface area contributed by atoms with Crippen molar-refractivity contribution in [3.63, 3.8) is 0 Å². The lowest BCUT2D eigenvalue weighted by Gasteiger charge is -2.18. The third kappa shape index (κ3) is 34.6. The zero-order valence-electron chi connectivity index (χ0n) is 30.0. The van der Waals surface area contributed by atoms with Gasteiger partial charge in [-0.1, -0.05) is 178 Å². The van der Waals surface area contributed by atoms with Gasteiger partial charge in [0.15, 0.2) is 0 Å². The molecule has 0 aliphatic heterocycles. The lowest BCUT2D eigenvalue weighted by Crippen LogP contribution is -2.03. The van der Waals surface area contributed by atoms with E-state index in [1.807, 2.05) is 0 Å². The van der Waals surface area contributed by atoms with Crippen molar-refractivity contribution < 1.29 is 0 Å². The molecule has 0 spiro atoms. The molecule has 0 saturated heterocycles. The second kappa shape index (κ2) is 24.8. The quantitative estimate of drug-likeness (QED) is 0.0669. The van der Waals surface area contributed by atoms with Crippen molar-refractivity contribution >= 4 is 7.92 Å². The van der Waals surface area contributed by atoms with Crippen LogP contribution >= 0.6 is 7.92 Å². The molecular weight excluding hydrogens is 499 g/mol. The van der Waals surface area contributed by atoms with Crippen molar-refractivity contribution in [1.82, 2.24) is 0 Å². The van der Waals surface area contributed by atoms with Gasteiger partial charge in [0.1, 0.15) is 0 Å². The summed E-state index contributed by atoms with van der Waals surface area (Å²) in [6.07, 6.45) is 40.0. The first kappa shape index (κ1) is 40.4. The van der Waals surface area contributed by atoms with Crippen LogP contribution in [0.5, 0.6) is 0 Å². The van der Waals surface area contributed by atoms with Crippen LogP contribution in [0.1, 0.15) is 216 Å². The van der Waals surface area contributed by atoms with Crippen molar-refractivity contribution in [3.05, 3.63) is 0 Å². The smallest absolute Gasteiger partial charge is 0.0326 e. The Balaban J connectivity index is 4.02. The summed E-state index contributed by atoms with van der Waals surface area (Å²) in [7, 11) is 0.309. The maximum Gasteiger partial charge on any atom is -0.0326 e. The summed E-state index contributed by atoms with van der Waals surface area (Å²) in [5.74, 6) is 0. The first-order chi connectivity index (χ1) is 18.8.